The number of hydrogen-bond donors (Lipinski definition) is 1. The number of nitrogens with zero attached hydrogens (tertiary/aromatic N) is 1. The molecule has 0 spiro atoms. The lowest BCUT2D eigenvalue weighted by molar-refractivity contribution is 0.0942. The van der Waals surface area contributed by atoms with Crippen LogP contribution in [0.4, 0.5) is 10.1 Å². The minimum Gasteiger partial charge on any atom is -0.396 e. The predicted octanol–water partition coefficient (Wildman–Crippen LogP) is 1.65. The maximum absolute atomic E-state index is 13.4. The van der Waals surface area contributed by atoms with E-state index in [0.29, 0.717) is 13.1 Å². The summed E-state index contributed by atoms with van der Waals surface area (Å²) in [5.41, 5.74) is 5.66. The lowest BCUT2D eigenvalue weighted by Crippen LogP contribution is -2.39. The molecular formula is C14H19FN2O3S. The summed E-state index contributed by atoms with van der Waals surface area (Å²) >= 11 is 0. The van der Waals surface area contributed by atoms with Gasteiger partial charge in [0.15, 0.2) is 5.78 Å². The largest absolute Gasteiger partial charge is 0.396 e. The van der Waals surface area contributed by atoms with E-state index in [1.165, 1.54) is 22.7 Å². The quantitative estimate of drug-likeness (QED) is 0.677. The number of Topliss-reactive ketones (excluding diaryl/α,β-unsaturated/α-hetero) is 1. The van der Waals surface area contributed by atoms with Crippen molar-refractivity contribution in [2.45, 2.75) is 19.3 Å². The third kappa shape index (κ3) is 4.01. The maximum atomic E-state index is 13.4. The molecule has 1 aliphatic heterocycles. The van der Waals surface area contributed by atoms with Crippen LogP contribution in [0.3, 0.4) is 0 Å². The van der Waals surface area contributed by atoms with Gasteiger partial charge in [0.1, 0.15) is 5.82 Å². The van der Waals surface area contributed by atoms with Crippen LogP contribution in [0.5, 0.6) is 0 Å². The Balaban J connectivity index is 2.03. The third-order valence-electron chi connectivity index (χ3n) is 3.75. The summed E-state index contributed by atoms with van der Waals surface area (Å²) in [6, 6.07) is 4.00. The molecule has 0 saturated carbocycles. The first-order valence-electron chi connectivity index (χ1n) is 6.80. The molecule has 0 aliphatic carbocycles. The van der Waals surface area contributed by atoms with Gasteiger partial charge in [-0.15, -0.1) is 0 Å². The monoisotopic (exact) mass is 314 g/mol. The number of hydrogen-bond acceptors (Lipinski definition) is 4. The number of nitrogens with two attached hydrogens (primary N) is 1. The molecule has 1 aliphatic rings. The number of anilines is 1. The first-order valence-corrected chi connectivity index (χ1v) is 8.65. The van der Waals surface area contributed by atoms with Crippen molar-refractivity contribution in [2.24, 2.45) is 5.92 Å². The van der Waals surface area contributed by atoms with E-state index in [1.54, 1.807) is 0 Å². The molecule has 7 heteroatoms. The van der Waals surface area contributed by atoms with Gasteiger partial charge < -0.3 is 5.73 Å². The van der Waals surface area contributed by atoms with Crippen LogP contribution in [0.15, 0.2) is 18.2 Å². The van der Waals surface area contributed by atoms with Crippen LogP contribution in [0.25, 0.3) is 0 Å². The van der Waals surface area contributed by atoms with Gasteiger partial charge in [-0.25, -0.2) is 17.1 Å². The van der Waals surface area contributed by atoms with E-state index in [2.05, 4.69) is 0 Å². The maximum Gasteiger partial charge on any atom is 0.211 e. The van der Waals surface area contributed by atoms with Gasteiger partial charge in [0.25, 0.3) is 0 Å². The molecule has 1 saturated heterocycles. The first kappa shape index (κ1) is 15.9. The Kier molecular flexibility index (Phi) is 4.63. The molecule has 21 heavy (non-hydrogen) atoms. The average molecular weight is 314 g/mol. The smallest absolute Gasteiger partial charge is 0.211 e. The van der Waals surface area contributed by atoms with Crippen LogP contribution in [0, 0.1) is 11.7 Å². The van der Waals surface area contributed by atoms with Gasteiger partial charge in [0.05, 0.1) is 11.9 Å². The minimum atomic E-state index is -3.23. The highest BCUT2D eigenvalue weighted by Gasteiger charge is 2.27. The summed E-state index contributed by atoms with van der Waals surface area (Å²) < 4.78 is 37.9. The Morgan fingerprint density at radius 1 is 1.48 bits per heavy atom. The number of halogens is 1. The van der Waals surface area contributed by atoms with Gasteiger partial charge in [-0.2, -0.15) is 0 Å². The fraction of sp³-hybridized carbons (Fsp3) is 0.500. The second kappa shape index (κ2) is 6.11. The van der Waals surface area contributed by atoms with Crippen molar-refractivity contribution in [3.05, 3.63) is 29.6 Å². The summed E-state index contributed by atoms with van der Waals surface area (Å²) in [5.74, 6) is -0.821. The summed E-state index contributed by atoms with van der Waals surface area (Å²) in [6.07, 6.45) is 2.93. The van der Waals surface area contributed by atoms with Crippen molar-refractivity contribution in [1.82, 2.24) is 4.31 Å². The van der Waals surface area contributed by atoms with Crippen molar-refractivity contribution in [3.63, 3.8) is 0 Å². The molecule has 2 rings (SSSR count). The molecule has 116 valence electrons. The third-order valence-corrected chi connectivity index (χ3v) is 5.02. The fourth-order valence-electron chi connectivity index (χ4n) is 2.58. The molecule has 1 unspecified atom stereocenters. The first-order chi connectivity index (χ1) is 9.77. The van der Waals surface area contributed by atoms with Crippen molar-refractivity contribution in [3.8, 4) is 0 Å². The molecular weight excluding hydrogens is 295 g/mol. The molecule has 1 heterocycles. The topological polar surface area (TPSA) is 80.5 Å². The standard InChI is InChI=1S/C14H19FN2O3S/c1-21(19,20)17-6-2-3-10(9-17)7-14(18)11-4-5-13(16)12(15)8-11/h4-5,8,10H,2-3,6-7,9,16H2,1H3. The van der Waals surface area contributed by atoms with Gasteiger partial charge in [-0.3, -0.25) is 4.79 Å². The zero-order valence-electron chi connectivity index (χ0n) is 11.9. The van der Waals surface area contributed by atoms with Gasteiger partial charge in [0.2, 0.25) is 10.0 Å². The number of carbonyl (C=O) groups excluding carboxylic acids is 1. The molecule has 1 atom stereocenters. The average Bonchev–Trinajstić information content (AvgIpc) is 2.41. The highest BCUT2D eigenvalue weighted by molar-refractivity contribution is 7.88. The van der Waals surface area contributed by atoms with E-state index in [1.807, 2.05) is 0 Å². The number of ketones is 1. The highest BCUT2D eigenvalue weighted by atomic mass is 32.2. The minimum absolute atomic E-state index is 0.00691. The van der Waals surface area contributed by atoms with Gasteiger partial charge in [-0.1, -0.05) is 0 Å². The summed E-state index contributed by atoms with van der Waals surface area (Å²) in [7, 11) is -3.23. The molecule has 2 N–H and O–H groups in total. The highest BCUT2D eigenvalue weighted by Crippen LogP contribution is 2.24. The van der Waals surface area contributed by atoms with Gasteiger partial charge in [-0.05, 0) is 37.0 Å². The lowest BCUT2D eigenvalue weighted by atomic mass is 9.92. The molecule has 1 fully saturated rings. The zero-order valence-corrected chi connectivity index (χ0v) is 12.7. The summed E-state index contributed by atoms with van der Waals surface area (Å²) in [4.78, 5) is 12.2. The fourth-order valence-corrected chi connectivity index (χ4v) is 3.52. The number of rotatable bonds is 4. The molecule has 0 aromatic heterocycles. The Hall–Kier alpha value is -1.47. The van der Waals surface area contributed by atoms with E-state index >= 15 is 0 Å². The molecule has 1 aromatic rings. The predicted molar refractivity (Wildman–Crippen MR) is 78.9 cm³/mol. The van der Waals surface area contributed by atoms with E-state index in [0.717, 1.165) is 18.9 Å². The Labute approximate surface area is 124 Å². The Morgan fingerprint density at radius 2 is 2.19 bits per heavy atom. The second-order valence-corrected chi connectivity index (χ2v) is 7.48. The van der Waals surface area contributed by atoms with Crippen LogP contribution in [-0.4, -0.2) is 37.9 Å². The van der Waals surface area contributed by atoms with E-state index in [4.69, 9.17) is 5.73 Å². The van der Waals surface area contributed by atoms with E-state index in [9.17, 15) is 17.6 Å². The van der Waals surface area contributed by atoms with Crippen molar-refractivity contribution in [2.75, 3.05) is 25.1 Å². The second-order valence-electron chi connectivity index (χ2n) is 5.49. The molecule has 1 aromatic carbocycles. The van der Waals surface area contributed by atoms with Crippen LogP contribution >= 0.6 is 0 Å². The summed E-state index contributed by atoms with van der Waals surface area (Å²) in [6.45, 7) is 0.849. The number of sulfonamides is 1. The van der Waals surface area contributed by atoms with Crippen LogP contribution in [-0.2, 0) is 10.0 Å². The molecule has 0 amide bonds. The SMILES string of the molecule is CS(=O)(=O)N1CCCC(CC(=O)c2ccc(N)c(F)c2)C1. The van der Waals surface area contributed by atoms with Gasteiger partial charge in [0, 0.05) is 25.1 Å². The Bertz CT molecular complexity index is 646. The lowest BCUT2D eigenvalue weighted by Gasteiger charge is -2.30. The van der Waals surface area contributed by atoms with Crippen LogP contribution in [0.1, 0.15) is 29.6 Å². The molecule has 0 radical (unpaired) electrons. The number of carbonyl (C=O) groups is 1. The zero-order chi connectivity index (χ0) is 15.6. The van der Waals surface area contributed by atoms with Crippen molar-refractivity contribution in [1.29, 1.82) is 0 Å². The Morgan fingerprint density at radius 3 is 2.81 bits per heavy atom. The van der Waals surface area contributed by atoms with Crippen molar-refractivity contribution < 1.29 is 17.6 Å². The van der Waals surface area contributed by atoms with Crippen LogP contribution in [0.2, 0.25) is 0 Å². The molecule has 0 bridgehead atoms. The van der Waals surface area contributed by atoms with Crippen LogP contribution < -0.4 is 5.73 Å². The summed E-state index contributed by atoms with van der Waals surface area (Å²) in [5, 5.41) is 0. The van der Waals surface area contributed by atoms with Gasteiger partial charge >= 0.3 is 0 Å². The van der Waals surface area contributed by atoms with E-state index in [-0.39, 0.29) is 29.4 Å². The molecule has 5 nitrogen and oxygen atoms in total. The van der Waals surface area contributed by atoms with Crippen molar-refractivity contribution >= 4 is 21.5 Å². The number of benzene rings is 1. The normalized spacial score (nSPS) is 20.4. The number of piperidine rings is 1. The van der Waals surface area contributed by atoms with E-state index < -0.39 is 15.8 Å². The number of nitrogen functional groups attached to an aromatic ring is 1.